The number of likely N-dealkylation sites (tertiary alicyclic amines) is 1. The summed E-state index contributed by atoms with van der Waals surface area (Å²) in [4.78, 5) is 25.1. The number of ether oxygens (including phenoxy) is 1. The van der Waals surface area contributed by atoms with Crippen molar-refractivity contribution in [3.05, 3.63) is 0 Å². The molecule has 0 aliphatic carbocycles. The number of rotatable bonds is 2. The Morgan fingerprint density at radius 2 is 1.77 bits per heavy atom. The first-order valence-corrected chi connectivity index (χ1v) is 7.71. The van der Waals surface area contributed by atoms with E-state index in [0.717, 1.165) is 25.9 Å². The van der Waals surface area contributed by atoms with Crippen molar-refractivity contribution in [3.8, 4) is 0 Å². The van der Waals surface area contributed by atoms with Crippen LogP contribution >= 0.6 is 13.5 Å². The molecule has 1 unspecified atom stereocenters. The number of carboxylic acid groups (broad SMARTS) is 1. The van der Waals surface area contributed by atoms with Crippen molar-refractivity contribution >= 4 is 25.6 Å². The van der Waals surface area contributed by atoms with Gasteiger partial charge in [0.2, 0.25) is 0 Å². The predicted octanol–water partition coefficient (Wildman–Crippen LogP) is 1.81. The Balaban J connectivity index is 0.00000242. The number of piperidine rings is 1. The highest BCUT2D eigenvalue weighted by atomic mass is 32.1. The molecule has 22 heavy (non-hydrogen) atoms. The van der Waals surface area contributed by atoms with Crippen LogP contribution in [0.2, 0.25) is 0 Å². The maximum absolute atomic E-state index is 12.2. The number of carboxylic acids is 1. The lowest BCUT2D eigenvalue weighted by molar-refractivity contribution is -0.142. The third-order valence-electron chi connectivity index (χ3n) is 4.30. The molecule has 2 saturated heterocycles. The SMILES string of the molecule is CC(C)(C)OC(=O)N1CC(C2CCNCC2)C[C@H]1C(=O)O.S. The van der Waals surface area contributed by atoms with Crippen LogP contribution < -0.4 is 5.32 Å². The Bertz CT molecular complexity index is 405. The lowest BCUT2D eigenvalue weighted by Gasteiger charge is -2.29. The minimum atomic E-state index is -0.933. The van der Waals surface area contributed by atoms with Gasteiger partial charge >= 0.3 is 12.1 Å². The molecule has 0 bridgehead atoms. The van der Waals surface area contributed by atoms with Crippen LogP contribution in [0, 0.1) is 11.8 Å². The van der Waals surface area contributed by atoms with Crippen molar-refractivity contribution in [1.29, 1.82) is 0 Å². The third-order valence-corrected chi connectivity index (χ3v) is 4.30. The molecule has 2 atom stereocenters. The summed E-state index contributed by atoms with van der Waals surface area (Å²) in [7, 11) is 0. The molecule has 0 aromatic heterocycles. The van der Waals surface area contributed by atoms with Crippen LogP contribution in [0.1, 0.15) is 40.0 Å². The number of nitrogens with zero attached hydrogens (tertiary/aromatic N) is 1. The second-order valence-electron chi connectivity index (χ2n) is 7.07. The van der Waals surface area contributed by atoms with E-state index in [0.29, 0.717) is 18.9 Å². The smallest absolute Gasteiger partial charge is 0.411 e. The molecule has 0 aromatic carbocycles. The minimum absolute atomic E-state index is 0. The number of amides is 1. The van der Waals surface area contributed by atoms with Gasteiger partial charge in [0, 0.05) is 6.54 Å². The van der Waals surface area contributed by atoms with Gasteiger partial charge in [0.25, 0.3) is 0 Å². The maximum Gasteiger partial charge on any atom is 0.411 e. The first kappa shape index (κ1) is 19.1. The van der Waals surface area contributed by atoms with Gasteiger partial charge in [-0.2, -0.15) is 13.5 Å². The standard InChI is InChI=1S/C15H26N2O4.H2S/c1-15(2,3)21-14(20)17-9-11(8-12(17)13(18)19)10-4-6-16-7-5-10;/h10-12,16H,4-9H2,1-3H3,(H,18,19);1H2/t11?,12-;/m0./s1. The summed E-state index contributed by atoms with van der Waals surface area (Å²) < 4.78 is 5.35. The lowest BCUT2D eigenvalue weighted by atomic mass is 9.83. The third kappa shape index (κ3) is 4.78. The maximum atomic E-state index is 12.2. The summed E-state index contributed by atoms with van der Waals surface area (Å²) in [6.45, 7) is 7.83. The van der Waals surface area contributed by atoms with Gasteiger partial charge in [-0.15, -0.1) is 0 Å². The highest BCUT2D eigenvalue weighted by Crippen LogP contribution is 2.34. The zero-order valence-corrected chi connectivity index (χ0v) is 14.6. The first-order valence-electron chi connectivity index (χ1n) is 7.71. The summed E-state index contributed by atoms with van der Waals surface area (Å²) in [5, 5.41) is 12.7. The highest BCUT2D eigenvalue weighted by molar-refractivity contribution is 7.59. The van der Waals surface area contributed by atoms with Crippen LogP contribution in [0.15, 0.2) is 0 Å². The topological polar surface area (TPSA) is 78.9 Å². The fraction of sp³-hybridized carbons (Fsp3) is 0.867. The summed E-state index contributed by atoms with van der Waals surface area (Å²) in [6, 6.07) is -0.750. The molecule has 0 radical (unpaired) electrons. The largest absolute Gasteiger partial charge is 0.480 e. The normalized spacial score (nSPS) is 26.4. The zero-order chi connectivity index (χ0) is 15.6. The van der Waals surface area contributed by atoms with Gasteiger partial charge in [0.05, 0.1) is 0 Å². The van der Waals surface area contributed by atoms with Gasteiger partial charge in [-0.25, -0.2) is 9.59 Å². The molecule has 0 aromatic rings. The number of aliphatic carboxylic acids is 1. The molecule has 2 heterocycles. The van der Waals surface area contributed by atoms with E-state index in [1.807, 2.05) is 0 Å². The molecule has 2 N–H and O–H groups in total. The fourth-order valence-electron chi connectivity index (χ4n) is 3.28. The average molecular weight is 332 g/mol. The molecule has 2 fully saturated rings. The molecule has 2 rings (SSSR count). The summed E-state index contributed by atoms with van der Waals surface area (Å²) in [5.74, 6) is -0.168. The monoisotopic (exact) mass is 332 g/mol. The second-order valence-corrected chi connectivity index (χ2v) is 7.07. The summed E-state index contributed by atoms with van der Waals surface area (Å²) in [6.07, 6.45) is 2.14. The van der Waals surface area contributed by atoms with E-state index in [1.165, 1.54) is 4.90 Å². The fourth-order valence-corrected chi connectivity index (χ4v) is 3.28. The number of nitrogens with one attached hydrogen (secondary N) is 1. The Hall–Kier alpha value is -0.950. The molecular weight excluding hydrogens is 304 g/mol. The number of hydrogen-bond acceptors (Lipinski definition) is 4. The van der Waals surface area contributed by atoms with Crippen LogP contribution in [0.3, 0.4) is 0 Å². The Morgan fingerprint density at radius 1 is 1.18 bits per heavy atom. The van der Waals surface area contributed by atoms with E-state index < -0.39 is 23.7 Å². The van der Waals surface area contributed by atoms with Crippen LogP contribution in [0.25, 0.3) is 0 Å². The van der Waals surface area contributed by atoms with Crippen molar-refractivity contribution < 1.29 is 19.4 Å². The molecule has 6 nitrogen and oxygen atoms in total. The van der Waals surface area contributed by atoms with Gasteiger partial charge in [-0.05, 0) is 65.0 Å². The first-order chi connectivity index (χ1) is 9.78. The quantitative estimate of drug-likeness (QED) is 0.806. The lowest BCUT2D eigenvalue weighted by Crippen LogP contribution is -2.43. The van der Waals surface area contributed by atoms with Crippen molar-refractivity contribution in [2.45, 2.75) is 51.7 Å². The van der Waals surface area contributed by atoms with E-state index in [9.17, 15) is 14.7 Å². The highest BCUT2D eigenvalue weighted by Gasteiger charge is 2.44. The predicted molar refractivity (Wildman–Crippen MR) is 88.4 cm³/mol. The van der Waals surface area contributed by atoms with Gasteiger partial charge in [-0.1, -0.05) is 0 Å². The molecule has 0 saturated carbocycles. The average Bonchev–Trinajstić information content (AvgIpc) is 2.83. The van der Waals surface area contributed by atoms with E-state index >= 15 is 0 Å². The number of carbonyl (C=O) groups excluding carboxylic acids is 1. The van der Waals surface area contributed by atoms with Gasteiger partial charge in [0.1, 0.15) is 11.6 Å². The van der Waals surface area contributed by atoms with Crippen LogP contribution in [0.4, 0.5) is 4.79 Å². The van der Waals surface area contributed by atoms with Crippen LogP contribution in [0.5, 0.6) is 0 Å². The molecule has 0 spiro atoms. The second kappa shape index (κ2) is 7.55. The van der Waals surface area contributed by atoms with Crippen molar-refractivity contribution in [2.75, 3.05) is 19.6 Å². The number of carbonyl (C=O) groups is 2. The Kier molecular flexibility index (Phi) is 6.55. The van der Waals surface area contributed by atoms with Crippen LogP contribution in [-0.2, 0) is 9.53 Å². The van der Waals surface area contributed by atoms with E-state index in [2.05, 4.69) is 5.32 Å². The molecule has 1 amide bonds. The molecule has 2 aliphatic heterocycles. The molecule has 7 heteroatoms. The van der Waals surface area contributed by atoms with E-state index in [-0.39, 0.29) is 19.4 Å². The van der Waals surface area contributed by atoms with Crippen molar-refractivity contribution in [2.24, 2.45) is 11.8 Å². The van der Waals surface area contributed by atoms with Gasteiger partial charge in [0.15, 0.2) is 0 Å². The summed E-state index contributed by atoms with van der Waals surface area (Å²) >= 11 is 0. The Morgan fingerprint density at radius 3 is 2.27 bits per heavy atom. The minimum Gasteiger partial charge on any atom is -0.480 e. The Labute approximate surface area is 139 Å². The van der Waals surface area contributed by atoms with Crippen molar-refractivity contribution in [3.63, 3.8) is 0 Å². The summed E-state index contributed by atoms with van der Waals surface area (Å²) in [5.41, 5.74) is -0.604. The van der Waals surface area contributed by atoms with Gasteiger partial charge < -0.3 is 15.2 Å². The number of hydrogen-bond donors (Lipinski definition) is 2. The van der Waals surface area contributed by atoms with Gasteiger partial charge in [-0.3, -0.25) is 4.90 Å². The molecule has 2 aliphatic rings. The molecular formula is C15H28N2O4S. The van der Waals surface area contributed by atoms with Crippen LogP contribution in [-0.4, -0.2) is 53.3 Å². The zero-order valence-electron chi connectivity index (χ0n) is 13.6. The van der Waals surface area contributed by atoms with Crippen molar-refractivity contribution in [1.82, 2.24) is 10.2 Å². The van der Waals surface area contributed by atoms with E-state index in [1.54, 1.807) is 20.8 Å². The van der Waals surface area contributed by atoms with E-state index in [4.69, 9.17) is 4.74 Å². The molecule has 128 valence electrons.